The van der Waals surface area contributed by atoms with Crippen LogP contribution in [0.5, 0.6) is 0 Å². The minimum Gasteiger partial charge on any atom is -0.480 e. The van der Waals surface area contributed by atoms with Gasteiger partial charge >= 0.3 is 11.6 Å². The molecule has 3 aromatic rings. The monoisotopic (exact) mass is 440 g/mol. The van der Waals surface area contributed by atoms with Crippen LogP contribution < -0.4 is 10.9 Å². The summed E-state index contributed by atoms with van der Waals surface area (Å²) in [6.45, 7) is 3.84. The summed E-state index contributed by atoms with van der Waals surface area (Å²) in [6.07, 6.45) is 2.84. The van der Waals surface area contributed by atoms with Crippen LogP contribution in [-0.2, 0) is 20.8 Å². The van der Waals surface area contributed by atoms with Crippen molar-refractivity contribution in [1.29, 1.82) is 0 Å². The van der Waals surface area contributed by atoms with Crippen LogP contribution in [0.3, 0.4) is 0 Å². The van der Waals surface area contributed by atoms with Crippen LogP contribution in [0, 0.1) is 13.8 Å². The third-order valence-electron chi connectivity index (χ3n) is 6.07. The van der Waals surface area contributed by atoms with Gasteiger partial charge in [0.25, 0.3) is 0 Å². The molecule has 0 aliphatic carbocycles. The number of amides is 2. The highest BCUT2D eigenvalue weighted by Gasteiger charge is 2.33. The van der Waals surface area contributed by atoms with Gasteiger partial charge in [0.05, 0.1) is 12.8 Å². The van der Waals surface area contributed by atoms with Gasteiger partial charge in [-0.15, -0.1) is 0 Å². The quantitative estimate of drug-likeness (QED) is 0.562. The largest absolute Gasteiger partial charge is 0.480 e. The normalized spacial score (nSPS) is 16.1. The second-order valence-electron chi connectivity index (χ2n) is 8.12. The fourth-order valence-electron chi connectivity index (χ4n) is 4.25. The molecule has 168 valence electrons. The highest BCUT2D eigenvalue weighted by Crippen LogP contribution is 2.29. The molecule has 2 amide bonds. The summed E-state index contributed by atoms with van der Waals surface area (Å²) in [5, 5.41) is 13.4. The number of hydrogen-bond donors (Lipinski definition) is 2. The van der Waals surface area contributed by atoms with Crippen molar-refractivity contribution in [3.05, 3.63) is 45.5 Å². The minimum atomic E-state index is -1.04. The summed E-state index contributed by atoms with van der Waals surface area (Å²) in [7, 11) is 0. The van der Waals surface area contributed by atoms with Gasteiger partial charge in [-0.1, -0.05) is 0 Å². The first kappa shape index (κ1) is 21.6. The number of carbonyl (C=O) groups is 3. The summed E-state index contributed by atoms with van der Waals surface area (Å²) in [4.78, 5) is 49.6. The van der Waals surface area contributed by atoms with Crippen LogP contribution in [0.2, 0.25) is 0 Å². The molecule has 0 saturated carbocycles. The Labute approximate surface area is 183 Å². The second kappa shape index (κ2) is 8.49. The zero-order chi connectivity index (χ0) is 23.0. The Hall–Kier alpha value is -3.62. The van der Waals surface area contributed by atoms with E-state index in [4.69, 9.17) is 8.83 Å². The molecule has 0 radical (unpaired) electrons. The van der Waals surface area contributed by atoms with E-state index in [9.17, 15) is 24.3 Å². The SMILES string of the molecule is Cc1coc2cc3oc(=O)c(CCC(=O)NCC(=O)N4CCCC4C(=O)O)c(C)c3cc12. The molecule has 9 heteroatoms. The molecule has 1 atom stereocenters. The Morgan fingerprint density at radius 3 is 2.72 bits per heavy atom. The third-order valence-corrected chi connectivity index (χ3v) is 6.07. The number of carbonyl (C=O) groups excluding carboxylic acids is 2. The molecule has 1 saturated heterocycles. The van der Waals surface area contributed by atoms with E-state index < -0.39 is 29.5 Å². The predicted octanol–water partition coefficient (Wildman–Crippen LogP) is 2.28. The van der Waals surface area contributed by atoms with Gasteiger partial charge in [0.15, 0.2) is 0 Å². The predicted molar refractivity (Wildman–Crippen MR) is 115 cm³/mol. The lowest BCUT2D eigenvalue weighted by atomic mass is 10.0. The van der Waals surface area contributed by atoms with Crippen molar-refractivity contribution < 1.29 is 28.3 Å². The number of carboxylic acids is 1. The number of benzene rings is 1. The zero-order valence-corrected chi connectivity index (χ0v) is 17.9. The number of nitrogens with one attached hydrogen (secondary N) is 1. The van der Waals surface area contributed by atoms with Gasteiger partial charge in [-0.05, 0) is 50.3 Å². The van der Waals surface area contributed by atoms with Crippen LogP contribution in [-0.4, -0.2) is 46.9 Å². The van der Waals surface area contributed by atoms with Crippen molar-refractivity contribution in [2.75, 3.05) is 13.1 Å². The highest BCUT2D eigenvalue weighted by atomic mass is 16.4. The Balaban J connectivity index is 1.43. The van der Waals surface area contributed by atoms with Gasteiger partial charge < -0.3 is 24.2 Å². The third kappa shape index (κ3) is 3.98. The standard InChI is InChI=1S/C23H24N2O7/c1-12-11-31-18-9-19-16(8-15(12)18)13(2)14(23(30)32-19)5-6-20(26)24-10-21(27)25-7-3-4-17(25)22(28)29/h8-9,11,17H,3-7,10H2,1-2H3,(H,24,26)(H,28,29). The molecule has 2 aromatic heterocycles. The lowest BCUT2D eigenvalue weighted by Crippen LogP contribution is -2.45. The number of aryl methyl sites for hydroxylation is 2. The Bertz CT molecular complexity index is 1290. The lowest BCUT2D eigenvalue weighted by molar-refractivity contribution is -0.148. The number of likely N-dealkylation sites (tertiary alicyclic amines) is 1. The first-order chi connectivity index (χ1) is 15.3. The van der Waals surface area contributed by atoms with Crippen LogP contribution in [0.4, 0.5) is 0 Å². The van der Waals surface area contributed by atoms with E-state index in [2.05, 4.69) is 5.32 Å². The lowest BCUT2D eigenvalue weighted by Gasteiger charge is -2.21. The average molecular weight is 440 g/mol. The molecular formula is C23H24N2O7. The van der Waals surface area contributed by atoms with E-state index in [1.165, 1.54) is 4.90 Å². The van der Waals surface area contributed by atoms with E-state index in [1.807, 2.05) is 19.9 Å². The highest BCUT2D eigenvalue weighted by molar-refractivity contribution is 5.96. The van der Waals surface area contributed by atoms with Gasteiger partial charge in [0.2, 0.25) is 11.8 Å². The molecule has 1 fully saturated rings. The molecule has 32 heavy (non-hydrogen) atoms. The van der Waals surface area contributed by atoms with Crippen molar-refractivity contribution >= 4 is 39.7 Å². The molecule has 1 aliphatic heterocycles. The fraction of sp³-hybridized carbons (Fsp3) is 0.391. The van der Waals surface area contributed by atoms with E-state index in [0.717, 1.165) is 21.9 Å². The van der Waals surface area contributed by atoms with Crippen LogP contribution in [0.15, 0.2) is 32.0 Å². The Morgan fingerprint density at radius 1 is 1.19 bits per heavy atom. The van der Waals surface area contributed by atoms with Gasteiger partial charge in [0.1, 0.15) is 17.2 Å². The van der Waals surface area contributed by atoms with E-state index in [1.54, 1.807) is 12.3 Å². The number of carboxylic acid groups (broad SMARTS) is 1. The summed E-state index contributed by atoms with van der Waals surface area (Å²) in [5.41, 5.74) is 2.67. The van der Waals surface area contributed by atoms with Gasteiger partial charge in [-0.25, -0.2) is 9.59 Å². The number of fused-ring (bicyclic) bond motifs is 2. The molecule has 1 aliphatic rings. The van der Waals surface area contributed by atoms with E-state index in [-0.39, 0.29) is 19.4 Å². The molecule has 4 rings (SSSR count). The molecule has 1 aromatic carbocycles. The maximum Gasteiger partial charge on any atom is 0.339 e. The van der Waals surface area contributed by atoms with Gasteiger partial charge in [0, 0.05) is 35.4 Å². The number of furan rings is 1. The fourth-order valence-corrected chi connectivity index (χ4v) is 4.25. The molecule has 1 unspecified atom stereocenters. The van der Waals surface area contributed by atoms with Crippen LogP contribution >= 0.6 is 0 Å². The summed E-state index contributed by atoms with van der Waals surface area (Å²) >= 11 is 0. The molecule has 0 bridgehead atoms. The maximum absolute atomic E-state index is 12.5. The molecule has 3 heterocycles. The van der Waals surface area contributed by atoms with Gasteiger partial charge in [-0.3, -0.25) is 9.59 Å². The topological polar surface area (TPSA) is 130 Å². The minimum absolute atomic E-state index is 0.000270. The Kier molecular flexibility index (Phi) is 5.73. The van der Waals surface area contributed by atoms with Crippen molar-refractivity contribution in [3.8, 4) is 0 Å². The van der Waals surface area contributed by atoms with Crippen molar-refractivity contribution in [2.24, 2.45) is 0 Å². The van der Waals surface area contributed by atoms with Gasteiger partial charge in [-0.2, -0.15) is 0 Å². The first-order valence-corrected chi connectivity index (χ1v) is 10.5. The molecule has 2 N–H and O–H groups in total. The van der Waals surface area contributed by atoms with Crippen LogP contribution in [0.1, 0.15) is 36.0 Å². The van der Waals surface area contributed by atoms with Crippen molar-refractivity contribution in [3.63, 3.8) is 0 Å². The summed E-state index contributed by atoms with van der Waals surface area (Å²) in [6, 6.07) is 2.77. The summed E-state index contributed by atoms with van der Waals surface area (Å²) in [5.74, 6) is -1.86. The van der Waals surface area contributed by atoms with Crippen molar-refractivity contribution in [2.45, 2.75) is 45.6 Å². The zero-order valence-electron chi connectivity index (χ0n) is 17.9. The number of nitrogens with zero attached hydrogens (tertiary/aromatic N) is 1. The van der Waals surface area contributed by atoms with Crippen molar-refractivity contribution in [1.82, 2.24) is 10.2 Å². The molecule has 0 spiro atoms. The van der Waals surface area contributed by atoms with Crippen LogP contribution in [0.25, 0.3) is 21.9 Å². The second-order valence-corrected chi connectivity index (χ2v) is 8.12. The first-order valence-electron chi connectivity index (χ1n) is 10.5. The molecular weight excluding hydrogens is 416 g/mol. The average Bonchev–Trinajstić information content (AvgIpc) is 3.38. The number of rotatable bonds is 6. The maximum atomic E-state index is 12.5. The number of hydrogen-bond acceptors (Lipinski definition) is 6. The smallest absolute Gasteiger partial charge is 0.339 e. The molecule has 9 nitrogen and oxygen atoms in total. The number of aliphatic carboxylic acids is 1. The van der Waals surface area contributed by atoms with E-state index >= 15 is 0 Å². The Morgan fingerprint density at radius 2 is 1.97 bits per heavy atom. The summed E-state index contributed by atoms with van der Waals surface area (Å²) < 4.78 is 10.9. The van der Waals surface area contributed by atoms with E-state index in [0.29, 0.717) is 36.1 Å².